The minimum Gasteiger partial charge on any atom is -0.481 e. The van der Waals surface area contributed by atoms with E-state index in [2.05, 4.69) is 19.2 Å². The Kier molecular flexibility index (Phi) is 5.00. The van der Waals surface area contributed by atoms with Gasteiger partial charge in [0.15, 0.2) is 0 Å². The number of hydrogen-bond donors (Lipinski definition) is 2. The average molecular weight is 312 g/mol. The Morgan fingerprint density at radius 3 is 2.55 bits per heavy atom. The van der Waals surface area contributed by atoms with E-state index in [1.54, 1.807) is 11.8 Å². The first-order chi connectivity index (χ1) is 10.2. The molecule has 6 heteroatoms. The number of ether oxygens (including phenoxy) is 1. The second-order valence-electron chi connectivity index (χ2n) is 7.57. The van der Waals surface area contributed by atoms with Crippen LogP contribution in [0.3, 0.4) is 0 Å². The number of rotatable bonds is 4. The van der Waals surface area contributed by atoms with Gasteiger partial charge in [-0.3, -0.25) is 4.79 Å². The van der Waals surface area contributed by atoms with Crippen molar-refractivity contribution in [2.24, 2.45) is 16.7 Å². The zero-order valence-corrected chi connectivity index (χ0v) is 13.9. The highest BCUT2D eigenvalue weighted by Crippen LogP contribution is 2.34. The predicted octanol–water partition coefficient (Wildman–Crippen LogP) is 1.95. The van der Waals surface area contributed by atoms with Gasteiger partial charge in [-0.25, -0.2) is 4.79 Å². The van der Waals surface area contributed by atoms with Gasteiger partial charge in [0, 0.05) is 32.8 Å². The number of hydrogen-bond acceptors (Lipinski definition) is 3. The van der Waals surface area contributed by atoms with Crippen molar-refractivity contribution < 1.29 is 19.4 Å². The lowest BCUT2D eigenvalue weighted by molar-refractivity contribution is -0.147. The van der Waals surface area contributed by atoms with Crippen LogP contribution in [0.15, 0.2) is 0 Å². The Morgan fingerprint density at radius 2 is 2.00 bits per heavy atom. The van der Waals surface area contributed by atoms with Crippen LogP contribution >= 0.6 is 0 Å². The molecule has 22 heavy (non-hydrogen) atoms. The predicted molar refractivity (Wildman–Crippen MR) is 82.7 cm³/mol. The monoisotopic (exact) mass is 312 g/mol. The molecular formula is C16H28N2O4. The van der Waals surface area contributed by atoms with Crippen LogP contribution in [-0.4, -0.2) is 54.9 Å². The van der Waals surface area contributed by atoms with Crippen molar-refractivity contribution in [1.29, 1.82) is 0 Å². The zero-order chi connectivity index (χ0) is 16.4. The second kappa shape index (κ2) is 6.44. The number of nitrogens with one attached hydrogen (secondary N) is 1. The second-order valence-corrected chi connectivity index (χ2v) is 7.57. The van der Waals surface area contributed by atoms with Gasteiger partial charge in [0.1, 0.15) is 0 Å². The molecule has 1 atom stereocenters. The zero-order valence-electron chi connectivity index (χ0n) is 13.9. The van der Waals surface area contributed by atoms with Crippen LogP contribution in [0.1, 0.15) is 40.0 Å². The molecule has 6 nitrogen and oxygen atoms in total. The Morgan fingerprint density at radius 1 is 1.36 bits per heavy atom. The van der Waals surface area contributed by atoms with E-state index in [-0.39, 0.29) is 18.0 Å². The maximum absolute atomic E-state index is 12.3. The van der Waals surface area contributed by atoms with Crippen molar-refractivity contribution in [2.75, 3.05) is 32.8 Å². The third-order valence-corrected chi connectivity index (χ3v) is 5.30. The van der Waals surface area contributed by atoms with E-state index in [4.69, 9.17) is 4.74 Å². The molecule has 2 rings (SSSR count). The van der Waals surface area contributed by atoms with Crippen molar-refractivity contribution in [2.45, 2.75) is 40.0 Å². The smallest absolute Gasteiger partial charge is 0.317 e. The first kappa shape index (κ1) is 17.1. The molecule has 0 aliphatic carbocycles. The summed E-state index contributed by atoms with van der Waals surface area (Å²) in [6.07, 6.45) is 2.58. The van der Waals surface area contributed by atoms with Crippen LogP contribution in [0.2, 0.25) is 0 Å². The molecule has 0 aromatic rings. The van der Waals surface area contributed by atoms with Crippen molar-refractivity contribution in [3.8, 4) is 0 Å². The molecule has 0 aromatic heterocycles. The van der Waals surface area contributed by atoms with Gasteiger partial charge in [0.2, 0.25) is 0 Å². The van der Waals surface area contributed by atoms with E-state index >= 15 is 0 Å². The summed E-state index contributed by atoms with van der Waals surface area (Å²) in [4.78, 5) is 25.1. The molecule has 2 heterocycles. The van der Waals surface area contributed by atoms with Gasteiger partial charge < -0.3 is 20.1 Å². The summed E-state index contributed by atoms with van der Waals surface area (Å²) >= 11 is 0. The summed E-state index contributed by atoms with van der Waals surface area (Å²) in [5.41, 5.74) is -0.789. The van der Waals surface area contributed by atoms with Gasteiger partial charge in [-0.2, -0.15) is 0 Å². The molecule has 0 radical (unpaired) electrons. The first-order valence-electron chi connectivity index (χ1n) is 8.08. The maximum atomic E-state index is 12.3. The minimum absolute atomic E-state index is 0.0231. The van der Waals surface area contributed by atoms with Crippen molar-refractivity contribution in [1.82, 2.24) is 10.2 Å². The Bertz CT molecular complexity index is 432. The highest BCUT2D eigenvalue weighted by molar-refractivity contribution is 5.79. The molecule has 2 saturated heterocycles. The summed E-state index contributed by atoms with van der Waals surface area (Å²) in [7, 11) is 0. The molecule has 0 aromatic carbocycles. The molecule has 126 valence electrons. The number of carboxylic acids is 1. The van der Waals surface area contributed by atoms with E-state index in [0.29, 0.717) is 25.4 Å². The Hall–Kier alpha value is -1.30. The molecule has 1 unspecified atom stereocenters. The maximum Gasteiger partial charge on any atom is 0.317 e. The molecule has 0 bridgehead atoms. The van der Waals surface area contributed by atoms with Crippen molar-refractivity contribution >= 4 is 12.0 Å². The van der Waals surface area contributed by atoms with Crippen LogP contribution < -0.4 is 5.32 Å². The SMILES string of the molecule is CC1(C(=O)O)CCN(C(=O)NCC(C)(C)C2CCOCC2)C1. The third kappa shape index (κ3) is 3.72. The number of amides is 2. The van der Waals surface area contributed by atoms with E-state index < -0.39 is 11.4 Å². The standard InChI is InChI=1S/C16H28N2O4/c1-15(2,12-4-8-22-9-5-12)10-17-14(21)18-7-6-16(3,11-18)13(19)20/h12H,4-11H2,1-3H3,(H,17,21)(H,19,20). The summed E-state index contributed by atoms with van der Waals surface area (Å²) in [6.45, 7) is 9.04. The number of carbonyl (C=O) groups is 2. The summed E-state index contributed by atoms with van der Waals surface area (Å²) in [5, 5.41) is 12.2. The highest BCUT2D eigenvalue weighted by Gasteiger charge is 2.42. The number of nitrogens with zero attached hydrogens (tertiary/aromatic N) is 1. The Balaban J connectivity index is 1.84. The molecule has 2 aliphatic rings. The van der Waals surface area contributed by atoms with Crippen molar-refractivity contribution in [3.63, 3.8) is 0 Å². The molecule has 2 fully saturated rings. The lowest BCUT2D eigenvalue weighted by Gasteiger charge is -2.37. The fourth-order valence-electron chi connectivity index (χ4n) is 3.35. The van der Waals surface area contributed by atoms with E-state index in [9.17, 15) is 14.7 Å². The van der Waals surface area contributed by atoms with Crippen LogP contribution in [0.5, 0.6) is 0 Å². The molecule has 0 spiro atoms. The third-order valence-electron chi connectivity index (χ3n) is 5.30. The van der Waals surface area contributed by atoms with Crippen LogP contribution in [0, 0.1) is 16.7 Å². The molecular weight excluding hydrogens is 284 g/mol. The number of urea groups is 1. The fourth-order valence-corrected chi connectivity index (χ4v) is 3.35. The lowest BCUT2D eigenvalue weighted by Crippen LogP contribution is -2.46. The summed E-state index contributed by atoms with van der Waals surface area (Å²) in [5.74, 6) is -0.283. The van der Waals surface area contributed by atoms with E-state index in [0.717, 1.165) is 26.1 Å². The van der Waals surface area contributed by atoms with E-state index in [1.165, 1.54) is 0 Å². The first-order valence-corrected chi connectivity index (χ1v) is 8.08. The highest BCUT2D eigenvalue weighted by atomic mass is 16.5. The largest absolute Gasteiger partial charge is 0.481 e. The average Bonchev–Trinajstić information content (AvgIpc) is 2.90. The van der Waals surface area contributed by atoms with Crippen molar-refractivity contribution in [3.05, 3.63) is 0 Å². The Labute approximate surface area is 132 Å². The number of aliphatic carboxylic acids is 1. The number of carboxylic acid groups (broad SMARTS) is 1. The van der Waals surface area contributed by atoms with Crippen LogP contribution in [-0.2, 0) is 9.53 Å². The van der Waals surface area contributed by atoms with Gasteiger partial charge in [0.05, 0.1) is 5.41 Å². The number of likely N-dealkylation sites (tertiary alicyclic amines) is 1. The summed E-state index contributed by atoms with van der Waals surface area (Å²) < 4.78 is 5.40. The normalized spacial score (nSPS) is 27.0. The molecule has 2 aliphatic heterocycles. The quantitative estimate of drug-likeness (QED) is 0.831. The van der Waals surface area contributed by atoms with E-state index in [1.807, 2.05) is 0 Å². The van der Waals surface area contributed by atoms with Gasteiger partial charge in [0.25, 0.3) is 0 Å². The molecule has 2 amide bonds. The topological polar surface area (TPSA) is 78.9 Å². The number of carbonyl (C=O) groups excluding carboxylic acids is 1. The van der Waals surface area contributed by atoms with Crippen LogP contribution in [0.25, 0.3) is 0 Å². The van der Waals surface area contributed by atoms with Gasteiger partial charge in [-0.1, -0.05) is 13.8 Å². The lowest BCUT2D eigenvalue weighted by atomic mass is 9.74. The van der Waals surface area contributed by atoms with Gasteiger partial charge in [-0.05, 0) is 37.5 Å². The minimum atomic E-state index is -0.828. The van der Waals surface area contributed by atoms with Gasteiger partial charge >= 0.3 is 12.0 Å². The molecule has 2 N–H and O–H groups in total. The summed E-state index contributed by atoms with van der Waals surface area (Å²) in [6, 6.07) is -0.148. The fraction of sp³-hybridized carbons (Fsp3) is 0.875. The van der Waals surface area contributed by atoms with Gasteiger partial charge in [-0.15, -0.1) is 0 Å². The molecule has 0 saturated carbocycles. The van der Waals surface area contributed by atoms with Crippen LogP contribution in [0.4, 0.5) is 4.79 Å².